The molecule has 2 N–H and O–H groups in total. The summed E-state index contributed by atoms with van der Waals surface area (Å²) in [4.78, 5) is 42.7. The van der Waals surface area contributed by atoms with Crippen molar-refractivity contribution in [2.45, 2.75) is 33.1 Å². The fourth-order valence-corrected chi connectivity index (χ4v) is 5.18. The third-order valence-corrected chi connectivity index (χ3v) is 7.51. The van der Waals surface area contributed by atoms with Gasteiger partial charge in [0.05, 0.1) is 24.0 Å². The molecule has 0 atom stereocenters. The third-order valence-electron chi connectivity index (χ3n) is 6.28. The van der Waals surface area contributed by atoms with Gasteiger partial charge in [-0.3, -0.25) is 14.5 Å². The van der Waals surface area contributed by atoms with E-state index in [4.69, 9.17) is 16.3 Å². The number of anilines is 4. The molecule has 1 aromatic carbocycles. The summed E-state index contributed by atoms with van der Waals surface area (Å²) < 4.78 is 4.70. The van der Waals surface area contributed by atoms with E-state index in [1.807, 2.05) is 32.0 Å². The van der Waals surface area contributed by atoms with E-state index in [9.17, 15) is 9.59 Å². The molecular weight excluding hydrogens is 526 g/mol. The Hall–Kier alpha value is -3.28. The summed E-state index contributed by atoms with van der Waals surface area (Å²) in [5, 5.41) is 7.15. The molecule has 1 saturated heterocycles. The molecule has 3 heterocycles. The number of esters is 1. The second-order valence-electron chi connectivity index (χ2n) is 9.06. The highest BCUT2D eigenvalue weighted by molar-refractivity contribution is 7.17. The number of amides is 1. The molecule has 1 aliphatic heterocycles. The summed E-state index contributed by atoms with van der Waals surface area (Å²) in [6.07, 6.45) is 3.82. The van der Waals surface area contributed by atoms with E-state index in [1.54, 1.807) is 6.07 Å². The second kappa shape index (κ2) is 13.0. The number of methoxy groups -OCH3 is 1. The maximum Gasteiger partial charge on any atom is 0.305 e. The van der Waals surface area contributed by atoms with Crippen LogP contribution in [0.4, 0.5) is 22.5 Å². The fourth-order valence-electron chi connectivity index (χ4n) is 4.20. The Morgan fingerprint density at radius 2 is 1.92 bits per heavy atom. The standard InChI is InChI=1S/C26H32ClN7O3S/c1-17-7-6-8-19(27)24(17)32-25(36)20-16-28-26(38-20)31-21-15-22(30-18(2)29-21)34-13-11-33(12-14-34)10-5-4-9-23(35)37-3/h6-8,15-16H,4-5,9-14H2,1-3H3,(H,32,36)(H,28,29,30,31). The number of carbonyl (C=O) groups is 2. The zero-order valence-corrected chi connectivity index (χ0v) is 23.4. The highest BCUT2D eigenvalue weighted by atomic mass is 35.5. The lowest BCUT2D eigenvalue weighted by Crippen LogP contribution is -2.47. The largest absolute Gasteiger partial charge is 0.469 e. The van der Waals surface area contributed by atoms with Crippen molar-refractivity contribution >= 4 is 57.3 Å². The quantitative estimate of drug-likeness (QED) is 0.271. The number of benzene rings is 1. The predicted octanol–water partition coefficient (Wildman–Crippen LogP) is 4.66. The number of hydrogen-bond donors (Lipinski definition) is 2. The van der Waals surface area contributed by atoms with Gasteiger partial charge in [-0.05, 0) is 44.9 Å². The molecule has 0 radical (unpaired) electrons. The summed E-state index contributed by atoms with van der Waals surface area (Å²) in [7, 11) is 1.43. The Morgan fingerprint density at radius 3 is 2.66 bits per heavy atom. The lowest BCUT2D eigenvalue weighted by atomic mass is 10.2. The van der Waals surface area contributed by atoms with Gasteiger partial charge in [-0.2, -0.15) is 0 Å². The van der Waals surface area contributed by atoms with Crippen LogP contribution in [-0.4, -0.2) is 71.6 Å². The Morgan fingerprint density at radius 1 is 1.13 bits per heavy atom. The molecule has 0 spiro atoms. The molecule has 3 aromatic rings. The molecule has 202 valence electrons. The van der Waals surface area contributed by atoms with E-state index in [-0.39, 0.29) is 11.9 Å². The van der Waals surface area contributed by atoms with E-state index in [0.29, 0.717) is 38.8 Å². The van der Waals surface area contributed by atoms with Crippen LogP contribution < -0.4 is 15.5 Å². The molecule has 1 fully saturated rings. The molecule has 0 unspecified atom stereocenters. The lowest BCUT2D eigenvalue weighted by molar-refractivity contribution is -0.140. The number of ether oxygens (including phenoxy) is 1. The van der Waals surface area contributed by atoms with Crippen LogP contribution in [0.25, 0.3) is 0 Å². The van der Waals surface area contributed by atoms with Crippen LogP contribution in [0, 0.1) is 13.8 Å². The number of unbranched alkanes of at least 4 members (excludes halogenated alkanes) is 1. The van der Waals surface area contributed by atoms with Gasteiger partial charge in [-0.15, -0.1) is 0 Å². The minimum absolute atomic E-state index is 0.150. The average Bonchev–Trinajstić information content (AvgIpc) is 3.37. The number of para-hydroxylation sites is 1. The Balaban J connectivity index is 1.32. The van der Waals surface area contributed by atoms with E-state index in [1.165, 1.54) is 24.6 Å². The minimum atomic E-state index is -0.269. The molecule has 1 amide bonds. The number of halogens is 1. The van der Waals surface area contributed by atoms with Crippen LogP contribution in [0.2, 0.25) is 5.02 Å². The van der Waals surface area contributed by atoms with Gasteiger partial charge in [0.2, 0.25) is 0 Å². The minimum Gasteiger partial charge on any atom is -0.469 e. The first-order valence-corrected chi connectivity index (χ1v) is 13.7. The van der Waals surface area contributed by atoms with Gasteiger partial charge in [-0.1, -0.05) is 35.1 Å². The average molecular weight is 558 g/mol. The Kier molecular flexibility index (Phi) is 9.48. The van der Waals surface area contributed by atoms with Crippen LogP contribution in [0.15, 0.2) is 30.5 Å². The Bertz CT molecular complexity index is 1260. The number of hydrogen-bond acceptors (Lipinski definition) is 10. The van der Waals surface area contributed by atoms with Crippen molar-refractivity contribution in [1.29, 1.82) is 0 Å². The number of nitrogens with one attached hydrogen (secondary N) is 2. The number of rotatable bonds is 10. The van der Waals surface area contributed by atoms with Crippen molar-refractivity contribution in [3.05, 3.63) is 51.7 Å². The first-order valence-electron chi connectivity index (χ1n) is 12.5. The van der Waals surface area contributed by atoms with Gasteiger partial charge in [0.1, 0.15) is 22.3 Å². The first-order chi connectivity index (χ1) is 18.3. The molecule has 0 bridgehead atoms. The molecular formula is C26H32ClN7O3S. The van der Waals surface area contributed by atoms with Crippen molar-refractivity contribution in [2.24, 2.45) is 0 Å². The van der Waals surface area contributed by atoms with Crippen molar-refractivity contribution in [2.75, 3.05) is 55.4 Å². The van der Waals surface area contributed by atoms with Crippen LogP contribution in [0.5, 0.6) is 0 Å². The second-order valence-corrected chi connectivity index (χ2v) is 10.5. The van der Waals surface area contributed by atoms with E-state index < -0.39 is 0 Å². The van der Waals surface area contributed by atoms with Gasteiger partial charge in [-0.25, -0.2) is 15.0 Å². The van der Waals surface area contributed by atoms with E-state index in [2.05, 4.69) is 35.4 Å². The maximum atomic E-state index is 12.8. The number of aryl methyl sites for hydroxylation is 2. The summed E-state index contributed by atoms with van der Waals surface area (Å²) in [5.74, 6) is 1.71. The van der Waals surface area contributed by atoms with Crippen LogP contribution in [0.3, 0.4) is 0 Å². The fraction of sp³-hybridized carbons (Fsp3) is 0.423. The molecule has 10 nitrogen and oxygen atoms in total. The molecule has 0 aliphatic carbocycles. The van der Waals surface area contributed by atoms with Crippen molar-refractivity contribution in [1.82, 2.24) is 19.9 Å². The van der Waals surface area contributed by atoms with Gasteiger partial charge in [0.15, 0.2) is 5.13 Å². The van der Waals surface area contributed by atoms with Crippen molar-refractivity contribution in [3.8, 4) is 0 Å². The summed E-state index contributed by atoms with van der Waals surface area (Å²) in [6, 6.07) is 7.39. The lowest BCUT2D eigenvalue weighted by Gasteiger charge is -2.35. The molecule has 0 saturated carbocycles. The molecule has 2 aromatic heterocycles. The topological polar surface area (TPSA) is 113 Å². The van der Waals surface area contributed by atoms with Gasteiger partial charge in [0.25, 0.3) is 5.91 Å². The first kappa shape index (κ1) is 27.7. The number of carbonyl (C=O) groups excluding carboxylic acids is 2. The number of thiazole rings is 1. The third kappa shape index (κ3) is 7.40. The van der Waals surface area contributed by atoms with Crippen molar-refractivity contribution in [3.63, 3.8) is 0 Å². The Labute approximate surface area is 231 Å². The monoisotopic (exact) mass is 557 g/mol. The van der Waals surface area contributed by atoms with Gasteiger partial charge >= 0.3 is 5.97 Å². The van der Waals surface area contributed by atoms with Crippen LogP contribution in [-0.2, 0) is 9.53 Å². The maximum absolute atomic E-state index is 12.8. The van der Waals surface area contributed by atoms with E-state index >= 15 is 0 Å². The summed E-state index contributed by atoms with van der Waals surface area (Å²) in [5.41, 5.74) is 1.48. The molecule has 4 rings (SSSR count). The normalized spacial score (nSPS) is 13.8. The molecule has 1 aliphatic rings. The predicted molar refractivity (Wildman–Crippen MR) is 151 cm³/mol. The summed E-state index contributed by atoms with van der Waals surface area (Å²) >= 11 is 7.48. The van der Waals surface area contributed by atoms with Gasteiger partial charge < -0.3 is 20.3 Å². The SMILES string of the molecule is COC(=O)CCCCN1CCN(c2cc(Nc3ncc(C(=O)Nc4c(C)cccc4Cl)s3)nc(C)n2)CC1. The smallest absolute Gasteiger partial charge is 0.305 e. The molecule has 12 heteroatoms. The van der Waals surface area contributed by atoms with Crippen molar-refractivity contribution < 1.29 is 14.3 Å². The van der Waals surface area contributed by atoms with Gasteiger partial charge in [0, 0.05) is 38.7 Å². The highest BCUT2D eigenvalue weighted by Crippen LogP contribution is 2.28. The number of aromatic nitrogens is 3. The highest BCUT2D eigenvalue weighted by Gasteiger charge is 2.20. The number of piperazine rings is 1. The zero-order valence-electron chi connectivity index (χ0n) is 21.8. The van der Waals surface area contributed by atoms with Crippen LogP contribution in [0.1, 0.15) is 40.3 Å². The van der Waals surface area contributed by atoms with E-state index in [0.717, 1.165) is 56.9 Å². The summed E-state index contributed by atoms with van der Waals surface area (Å²) in [6.45, 7) is 8.30. The zero-order chi connectivity index (χ0) is 27.1. The molecule has 38 heavy (non-hydrogen) atoms. The van der Waals surface area contributed by atoms with Crippen LogP contribution >= 0.6 is 22.9 Å². The number of nitrogens with zero attached hydrogens (tertiary/aromatic N) is 5.